The van der Waals surface area contributed by atoms with Crippen LogP contribution < -0.4 is 15.5 Å². The minimum Gasteiger partial charge on any atom is -0.376 e. The van der Waals surface area contributed by atoms with E-state index in [1.807, 2.05) is 43.3 Å². The standard InChI is InChI=1S/C12H17N3S/c1-4-9-13-12(16)14-10-7-5-6-8-11(10)15(2)3/h4-8H,1,9H2,2-3H3,(H2,13,14,16). The maximum Gasteiger partial charge on any atom is 0.171 e. The number of benzene rings is 1. The molecule has 1 aromatic rings. The molecule has 0 fully saturated rings. The highest BCUT2D eigenvalue weighted by molar-refractivity contribution is 7.80. The fourth-order valence-corrected chi connectivity index (χ4v) is 1.49. The van der Waals surface area contributed by atoms with Gasteiger partial charge in [-0.15, -0.1) is 6.58 Å². The zero-order valence-corrected chi connectivity index (χ0v) is 10.5. The second-order valence-electron chi connectivity index (χ2n) is 3.54. The molecular weight excluding hydrogens is 218 g/mol. The first kappa shape index (κ1) is 12.5. The predicted molar refractivity (Wildman–Crippen MR) is 75.2 cm³/mol. The molecule has 4 heteroatoms. The van der Waals surface area contributed by atoms with Crippen LogP contribution in [-0.2, 0) is 0 Å². The molecule has 1 rings (SSSR count). The molecule has 2 N–H and O–H groups in total. The quantitative estimate of drug-likeness (QED) is 0.618. The topological polar surface area (TPSA) is 27.3 Å². The van der Waals surface area contributed by atoms with E-state index in [0.717, 1.165) is 11.4 Å². The van der Waals surface area contributed by atoms with Gasteiger partial charge in [-0.1, -0.05) is 18.2 Å². The van der Waals surface area contributed by atoms with Crippen LogP contribution >= 0.6 is 12.2 Å². The average molecular weight is 235 g/mol. The molecule has 0 atom stereocenters. The third-order valence-electron chi connectivity index (χ3n) is 2.04. The van der Waals surface area contributed by atoms with E-state index >= 15 is 0 Å². The Morgan fingerprint density at radius 1 is 1.44 bits per heavy atom. The van der Waals surface area contributed by atoms with Crippen molar-refractivity contribution in [2.45, 2.75) is 0 Å². The third kappa shape index (κ3) is 3.55. The molecule has 0 heterocycles. The van der Waals surface area contributed by atoms with E-state index in [9.17, 15) is 0 Å². The van der Waals surface area contributed by atoms with E-state index in [0.29, 0.717) is 11.7 Å². The van der Waals surface area contributed by atoms with E-state index in [2.05, 4.69) is 17.2 Å². The lowest BCUT2D eigenvalue weighted by Gasteiger charge is -2.18. The number of para-hydroxylation sites is 2. The number of nitrogens with zero attached hydrogens (tertiary/aromatic N) is 1. The van der Waals surface area contributed by atoms with E-state index in [1.54, 1.807) is 6.08 Å². The first-order valence-electron chi connectivity index (χ1n) is 5.07. The largest absolute Gasteiger partial charge is 0.376 e. The Kier molecular flexibility index (Phi) is 4.79. The van der Waals surface area contributed by atoms with Gasteiger partial charge in [0, 0.05) is 20.6 Å². The lowest BCUT2D eigenvalue weighted by molar-refractivity contribution is 1.06. The van der Waals surface area contributed by atoms with Crippen molar-refractivity contribution in [3.05, 3.63) is 36.9 Å². The van der Waals surface area contributed by atoms with Gasteiger partial charge in [-0.3, -0.25) is 0 Å². The lowest BCUT2D eigenvalue weighted by atomic mass is 10.2. The van der Waals surface area contributed by atoms with E-state index in [1.165, 1.54) is 0 Å². The summed E-state index contributed by atoms with van der Waals surface area (Å²) in [6.07, 6.45) is 1.77. The van der Waals surface area contributed by atoms with Crippen LogP contribution in [0.4, 0.5) is 11.4 Å². The molecule has 16 heavy (non-hydrogen) atoms. The van der Waals surface area contributed by atoms with Crippen LogP contribution in [0.2, 0.25) is 0 Å². The third-order valence-corrected chi connectivity index (χ3v) is 2.29. The molecule has 0 saturated carbocycles. The Hall–Kier alpha value is -1.55. The maximum atomic E-state index is 5.16. The van der Waals surface area contributed by atoms with Crippen LogP contribution in [0.1, 0.15) is 0 Å². The fraction of sp³-hybridized carbons (Fsp3) is 0.250. The first-order chi connectivity index (χ1) is 7.65. The Morgan fingerprint density at radius 3 is 2.75 bits per heavy atom. The Bertz CT molecular complexity index is 374. The lowest BCUT2D eigenvalue weighted by Crippen LogP contribution is -2.29. The van der Waals surface area contributed by atoms with Crippen LogP contribution in [0.15, 0.2) is 36.9 Å². The summed E-state index contributed by atoms with van der Waals surface area (Å²) in [7, 11) is 4.00. The number of hydrogen-bond acceptors (Lipinski definition) is 2. The fourth-order valence-electron chi connectivity index (χ4n) is 1.30. The highest BCUT2D eigenvalue weighted by atomic mass is 32.1. The van der Waals surface area contributed by atoms with Gasteiger partial charge in [0.15, 0.2) is 5.11 Å². The Labute approximate surface area is 102 Å². The second kappa shape index (κ2) is 6.12. The van der Waals surface area contributed by atoms with Crippen molar-refractivity contribution in [1.82, 2.24) is 5.32 Å². The summed E-state index contributed by atoms with van der Waals surface area (Å²) >= 11 is 5.16. The molecule has 0 aliphatic carbocycles. The average Bonchev–Trinajstić information content (AvgIpc) is 2.27. The van der Waals surface area contributed by atoms with Gasteiger partial charge in [-0.05, 0) is 24.4 Å². The zero-order chi connectivity index (χ0) is 12.0. The number of hydrogen-bond donors (Lipinski definition) is 2. The van der Waals surface area contributed by atoms with Gasteiger partial charge in [-0.25, -0.2) is 0 Å². The minimum absolute atomic E-state index is 0.606. The van der Waals surface area contributed by atoms with Crippen molar-refractivity contribution in [2.24, 2.45) is 0 Å². The van der Waals surface area contributed by atoms with Crippen LogP contribution in [0.5, 0.6) is 0 Å². The molecule has 0 aliphatic rings. The number of rotatable bonds is 4. The summed E-state index contributed by atoms with van der Waals surface area (Å²) in [5.41, 5.74) is 2.10. The van der Waals surface area contributed by atoms with Crippen LogP contribution in [-0.4, -0.2) is 25.8 Å². The van der Waals surface area contributed by atoms with Gasteiger partial charge >= 0.3 is 0 Å². The number of nitrogens with one attached hydrogen (secondary N) is 2. The molecular formula is C12H17N3S. The molecule has 0 radical (unpaired) electrons. The molecule has 0 unspecified atom stereocenters. The summed E-state index contributed by atoms with van der Waals surface area (Å²) in [6.45, 7) is 4.29. The van der Waals surface area contributed by atoms with Crippen molar-refractivity contribution in [3.8, 4) is 0 Å². The van der Waals surface area contributed by atoms with Crippen molar-refractivity contribution >= 4 is 28.7 Å². The maximum absolute atomic E-state index is 5.16. The summed E-state index contributed by atoms with van der Waals surface area (Å²) in [6, 6.07) is 8.02. The summed E-state index contributed by atoms with van der Waals surface area (Å²) in [4.78, 5) is 2.04. The Morgan fingerprint density at radius 2 is 2.12 bits per heavy atom. The highest BCUT2D eigenvalue weighted by Gasteiger charge is 2.04. The molecule has 0 spiro atoms. The normalized spacial score (nSPS) is 9.38. The van der Waals surface area contributed by atoms with Gasteiger partial charge in [-0.2, -0.15) is 0 Å². The van der Waals surface area contributed by atoms with Crippen molar-refractivity contribution in [1.29, 1.82) is 0 Å². The molecule has 0 aliphatic heterocycles. The van der Waals surface area contributed by atoms with Crippen LogP contribution in [0.25, 0.3) is 0 Å². The molecule has 0 saturated heterocycles. The smallest absolute Gasteiger partial charge is 0.171 e. The van der Waals surface area contributed by atoms with E-state index < -0.39 is 0 Å². The van der Waals surface area contributed by atoms with Crippen molar-refractivity contribution in [2.75, 3.05) is 30.9 Å². The van der Waals surface area contributed by atoms with E-state index in [-0.39, 0.29) is 0 Å². The second-order valence-corrected chi connectivity index (χ2v) is 3.94. The molecule has 1 aromatic carbocycles. The monoisotopic (exact) mass is 235 g/mol. The Balaban J connectivity index is 2.72. The van der Waals surface area contributed by atoms with Gasteiger partial charge in [0.1, 0.15) is 0 Å². The van der Waals surface area contributed by atoms with Gasteiger partial charge in [0.25, 0.3) is 0 Å². The number of thiocarbonyl (C=S) groups is 1. The van der Waals surface area contributed by atoms with Gasteiger partial charge in [0.2, 0.25) is 0 Å². The minimum atomic E-state index is 0.606. The van der Waals surface area contributed by atoms with Crippen molar-refractivity contribution in [3.63, 3.8) is 0 Å². The predicted octanol–water partition coefficient (Wildman–Crippen LogP) is 2.22. The SMILES string of the molecule is C=CCNC(=S)Nc1ccccc1N(C)C. The van der Waals surface area contributed by atoms with E-state index in [4.69, 9.17) is 12.2 Å². The molecule has 0 amide bonds. The summed E-state index contributed by atoms with van der Waals surface area (Å²) in [5, 5.41) is 6.79. The molecule has 0 bridgehead atoms. The highest BCUT2D eigenvalue weighted by Crippen LogP contribution is 2.23. The van der Waals surface area contributed by atoms with Gasteiger partial charge < -0.3 is 15.5 Å². The molecule has 3 nitrogen and oxygen atoms in total. The van der Waals surface area contributed by atoms with Gasteiger partial charge in [0.05, 0.1) is 11.4 Å². The van der Waals surface area contributed by atoms with Crippen LogP contribution in [0, 0.1) is 0 Å². The summed E-state index contributed by atoms with van der Waals surface area (Å²) < 4.78 is 0. The summed E-state index contributed by atoms with van der Waals surface area (Å²) in [5.74, 6) is 0. The van der Waals surface area contributed by atoms with Crippen LogP contribution in [0.3, 0.4) is 0 Å². The molecule has 0 aromatic heterocycles. The zero-order valence-electron chi connectivity index (χ0n) is 9.66. The first-order valence-corrected chi connectivity index (χ1v) is 5.48. The van der Waals surface area contributed by atoms with Crippen molar-refractivity contribution < 1.29 is 0 Å². The number of anilines is 2. The molecule has 86 valence electrons.